The molecule has 3 aromatic carbocycles. The van der Waals surface area contributed by atoms with E-state index in [0.717, 1.165) is 11.3 Å². The maximum Gasteiger partial charge on any atom is 0.265 e. The van der Waals surface area contributed by atoms with Gasteiger partial charge in [-0.25, -0.2) is 0 Å². The maximum absolute atomic E-state index is 12.4. The first kappa shape index (κ1) is 20.3. The fraction of sp³-hybridized carbons (Fsp3) is 0.208. The monoisotopic (exact) mass is 391 g/mol. The second-order valence-corrected chi connectivity index (χ2v) is 6.55. The second kappa shape index (κ2) is 10.2. The Morgan fingerprint density at radius 2 is 1.41 bits per heavy atom. The SMILES string of the molecule is Cc1ccccc1OC(C)C(=O)Nc1ccc(OCCOc2ccccc2)cc1. The Morgan fingerprint density at radius 1 is 0.828 bits per heavy atom. The third-order valence-corrected chi connectivity index (χ3v) is 4.25. The van der Waals surface area contributed by atoms with Crippen LogP contribution in [-0.2, 0) is 4.79 Å². The molecule has 5 nitrogen and oxygen atoms in total. The molecule has 0 aliphatic carbocycles. The molecule has 0 radical (unpaired) electrons. The van der Waals surface area contributed by atoms with E-state index < -0.39 is 6.10 Å². The number of anilines is 1. The number of carbonyl (C=O) groups excluding carboxylic acids is 1. The summed E-state index contributed by atoms with van der Waals surface area (Å²) < 4.78 is 17.0. The predicted molar refractivity (Wildman–Crippen MR) is 114 cm³/mol. The van der Waals surface area contributed by atoms with Gasteiger partial charge in [0.05, 0.1) is 0 Å². The van der Waals surface area contributed by atoms with Crippen LogP contribution in [0.1, 0.15) is 12.5 Å². The molecule has 0 spiro atoms. The Hall–Kier alpha value is -3.47. The fourth-order valence-electron chi connectivity index (χ4n) is 2.65. The van der Waals surface area contributed by atoms with Gasteiger partial charge in [0, 0.05) is 5.69 Å². The lowest BCUT2D eigenvalue weighted by Gasteiger charge is -2.16. The molecule has 3 aromatic rings. The van der Waals surface area contributed by atoms with Gasteiger partial charge in [-0.05, 0) is 61.9 Å². The quantitative estimate of drug-likeness (QED) is 0.529. The lowest BCUT2D eigenvalue weighted by molar-refractivity contribution is -0.122. The van der Waals surface area contributed by atoms with Crippen molar-refractivity contribution in [2.45, 2.75) is 20.0 Å². The van der Waals surface area contributed by atoms with Crippen LogP contribution in [0.25, 0.3) is 0 Å². The highest BCUT2D eigenvalue weighted by atomic mass is 16.5. The first-order valence-corrected chi connectivity index (χ1v) is 9.55. The molecule has 0 bridgehead atoms. The minimum atomic E-state index is -0.609. The van der Waals surface area contributed by atoms with Gasteiger partial charge < -0.3 is 19.5 Å². The van der Waals surface area contributed by atoms with Gasteiger partial charge in [-0.2, -0.15) is 0 Å². The summed E-state index contributed by atoms with van der Waals surface area (Å²) in [5.74, 6) is 2.02. The Kier molecular flexibility index (Phi) is 7.11. The number of aryl methyl sites for hydroxylation is 1. The molecule has 0 heterocycles. The summed E-state index contributed by atoms with van der Waals surface area (Å²) in [7, 11) is 0. The molecule has 0 aromatic heterocycles. The topological polar surface area (TPSA) is 56.8 Å². The molecule has 150 valence electrons. The second-order valence-electron chi connectivity index (χ2n) is 6.55. The van der Waals surface area contributed by atoms with Crippen LogP contribution in [0, 0.1) is 6.92 Å². The normalized spacial score (nSPS) is 11.4. The van der Waals surface area contributed by atoms with Crippen molar-refractivity contribution in [2.24, 2.45) is 0 Å². The number of hydrogen-bond donors (Lipinski definition) is 1. The molecule has 29 heavy (non-hydrogen) atoms. The van der Waals surface area contributed by atoms with Crippen LogP contribution < -0.4 is 19.5 Å². The van der Waals surface area contributed by atoms with E-state index in [9.17, 15) is 4.79 Å². The average Bonchev–Trinajstić information content (AvgIpc) is 2.74. The van der Waals surface area contributed by atoms with E-state index in [0.29, 0.717) is 30.4 Å². The van der Waals surface area contributed by atoms with Crippen molar-refractivity contribution in [1.29, 1.82) is 0 Å². The number of hydrogen-bond acceptors (Lipinski definition) is 4. The van der Waals surface area contributed by atoms with Gasteiger partial charge in [-0.3, -0.25) is 4.79 Å². The molecule has 0 fully saturated rings. The highest BCUT2D eigenvalue weighted by Gasteiger charge is 2.15. The number of nitrogens with one attached hydrogen (secondary N) is 1. The van der Waals surface area contributed by atoms with Gasteiger partial charge in [-0.15, -0.1) is 0 Å². The van der Waals surface area contributed by atoms with Crippen LogP contribution in [0.3, 0.4) is 0 Å². The van der Waals surface area contributed by atoms with Gasteiger partial charge in [-0.1, -0.05) is 36.4 Å². The molecule has 5 heteroatoms. The minimum absolute atomic E-state index is 0.210. The van der Waals surface area contributed by atoms with Gasteiger partial charge in [0.1, 0.15) is 30.5 Å². The molecule has 0 saturated carbocycles. The third kappa shape index (κ3) is 6.28. The fourth-order valence-corrected chi connectivity index (χ4v) is 2.65. The number of ether oxygens (including phenoxy) is 3. The summed E-state index contributed by atoms with van der Waals surface area (Å²) in [6, 6.07) is 24.4. The lowest BCUT2D eigenvalue weighted by Crippen LogP contribution is -2.30. The summed E-state index contributed by atoms with van der Waals surface area (Å²) in [5.41, 5.74) is 1.67. The van der Waals surface area contributed by atoms with Crippen molar-refractivity contribution < 1.29 is 19.0 Å². The van der Waals surface area contributed by atoms with Gasteiger partial charge in [0.15, 0.2) is 6.10 Å². The van der Waals surface area contributed by atoms with E-state index >= 15 is 0 Å². The van der Waals surface area contributed by atoms with Crippen LogP contribution in [-0.4, -0.2) is 25.2 Å². The van der Waals surface area contributed by atoms with Crippen LogP contribution in [0.5, 0.6) is 17.2 Å². The number of benzene rings is 3. The zero-order valence-corrected chi connectivity index (χ0v) is 16.6. The van der Waals surface area contributed by atoms with Crippen LogP contribution in [0.15, 0.2) is 78.9 Å². The van der Waals surface area contributed by atoms with Crippen LogP contribution >= 0.6 is 0 Å². The summed E-state index contributed by atoms with van der Waals surface area (Å²) in [6.07, 6.45) is -0.609. The molecule has 1 unspecified atom stereocenters. The predicted octanol–water partition coefficient (Wildman–Crippen LogP) is 4.86. The van der Waals surface area contributed by atoms with Crippen molar-refractivity contribution in [2.75, 3.05) is 18.5 Å². The van der Waals surface area contributed by atoms with Crippen molar-refractivity contribution in [3.05, 3.63) is 84.4 Å². The Bertz CT molecular complexity index is 910. The maximum atomic E-state index is 12.4. The molecule has 3 rings (SSSR count). The van der Waals surface area contributed by atoms with Crippen LogP contribution in [0.4, 0.5) is 5.69 Å². The first-order valence-electron chi connectivity index (χ1n) is 9.55. The summed E-state index contributed by atoms with van der Waals surface area (Å²) >= 11 is 0. The molecule has 1 N–H and O–H groups in total. The number of rotatable bonds is 9. The third-order valence-electron chi connectivity index (χ3n) is 4.25. The van der Waals surface area contributed by atoms with Crippen molar-refractivity contribution >= 4 is 11.6 Å². The van der Waals surface area contributed by atoms with Crippen LogP contribution in [0.2, 0.25) is 0 Å². The lowest BCUT2D eigenvalue weighted by atomic mass is 10.2. The largest absolute Gasteiger partial charge is 0.490 e. The zero-order valence-electron chi connectivity index (χ0n) is 16.6. The van der Waals surface area contributed by atoms with E-state index in [1.54, 1.807) is 19.1 Å². The van der Waals surface area contributed by atoms with Gasteiger partial charge >= 0.3 is 0 Å². The standard InChI is InChI=1S/C24H25NO4/c1-18-8-6-7-11-23(18)29-19(2)24(26)25-20-12-14-22(15-13-20)28-17-16-27-21-9-4-3-5-10-21/h3-15,19H,16-17H2,1-2H3,(H,25,26). The highest BCUT2D eigenvalue weighted by Crippen LogP contribution is 2.19. The van der Waals surface area contributed by atoms with E-state index in [4.69, 9.17) is 14.2 Å². The molecular formula is C24H25NO4. The van der Waals surface area contributed by atoms with E-state index in [-0.39, 0.29) is 5.91 Å². The van der Waals surface area contributed by atoms with Crippen molar-refractivity contribution in [1.82, 2.24) is 0 Å². The Morgan fingerprint density at radius 3 is 2.07 bits per heavy atom. The molecule has 0 saturated heterocycles. The van der Waals surface area contributed by atoms with E-state index in [1.807, 2.05) is 73.7 Å². The molecule has 0 aliphatic rings. The molecular weight excluding hydrogens is 366 g/mol. The summed E-state index contributed by atoms with van der Waals surface area (Å²) in [4.78, 5) is 12.4. The van der Waals surface area contributed by atoms with Crippen molar-refractivity contribution in [3.63, 3.8) is 0 Å². The van der Waals surface area contributed by atoms with Gasteiger partial charge in [0.25, 0.3) is 5.91 Å². The zero-order chi connectivity index (χ0) is 20.5. The highest BCUT2D eigenvalue weighted by molar-refractivity contribution is 5.94. The molecule has 1 amide bonds. The Labute approximate surface area is 171 Å². The van der Waals surface area contributed by atoms with E-state index in [1.165, 1.54) is 0 Å². The first-order chi connectivity index (χ1) is 14.1. The molecule has 1 atom stereocenters. The van der Waals surface area contributed by atoms with E-state index in [2.05, 4.69) is 5.32 Å². The number of carbonyl (C=O) groups is 1. The molecule has 0 aliphatic heterocycles. The summed E-state index contributed by atoms with van der Waals surface area (Å²) in [6.45, 7) is 4.56. The summed E-state index contributed by atoms with van der Waals surface area (Å²) in [5, 5.41) is 2.85. The average molecular weight is 391 g/mol. The Balaban J connectivity index is 1.43. The number of para-hydroxylation sites is 2. The minimum Gasteiger partial charge on any atom is -0.490 e. The van der Waals surface area contributed by atoms with Gasteiger partial charge in [0.2, 0.25) is 0 Å². The number of amides is 1. The van der Waals surface area contributed by atoms with Crippen molar-refractivity contribution in [3.8, 4) is 17.2 Å². The smallest absolute Gasteiger partial charge is 0.265 e.